The molecule has 1 aliphatic heterocycles. The van der Waals surface area contributed by atoms with Crippen molar-refractivity contribution in [1.82, 2.24) is 14.9 Å². The zero-order chi connectivity index (χ0) is 16.1. The highest BCUT2D eigenvalue weighted by Gasteiger charge is 2.25. The Bertz CT molecular complexity index is 470. The molecule has 2 aliphatic rings. The Hall–Kier alpha value is -0.720. The van der Waals surface area contributed by atoms with Crippen molar-refractivity contribution in [2.24, 2.45) is 0 Å². The lowest BCUT2D eigenvalue weighted by Crippen LogP contribution is -2.38. The minimum Gasteiger partial charge on any atom is -0.377 e. The van der Waals surface area contributed by atoms with Gasteiger partial charge in [0, 0.05) is 32.0 Å². The summed E-state index contributed by atoms with van der Waals surface area (Å²) in [4.78, 5) is 13.5. The van der Waals surface area contributed by atoms with Gasteiger partial charge in [0.2, 0.25) is 5.95 Å². The van der Waals surface area contributed by atoms with Crippen LogP contribution in [0, 0.1) is 0 Å². The van der Waals surface area contributed by atoms with E-state index in [-0.39, 0.29) is 0 Å². The third-order valence-corrected chi connectivity index (χ3v) is 5.48. The van der Waals surface area contributed by atoms with Crippen LogP contribution in [-0.4, -0.2) is 60.3 Å². The SMILES string of the molecule is CN(c1ncc(Br)cn1)[C@H]1CC[C@H](OCCN2CCCC2)CC1. The van der Waals surface area contributed by atoms with Gasteiger partial charge in [0.15, 0.2) is 0 Å². The maximum atomic E-state index is 6.10. The number of hydrogen-bond donors (Lipinski definition) is 0. The van der Waals surface area contributed by atoms with E-state index in [1.54, 1.807) is 0 Å². The minimum absolute atomic E-state index is 0.438. The summed E-state index contributed by atoms with van der Waals surface area (Å²) in [6.07, 6.45) is 11.4. The van der Waals surface area contributed by atoms with E-state index >= 15 is 0 Å². The third-order valence-electron chi connectivity index (χ3n) is 5.07. The third kappa shape index (κ3) is 4.88. The molecule has 0 amide bonds. The average molecular weight is 383 g/mol. The second-order valence-electron chi connectivity index (χ2n) is 6.66. The Kier molecular flexibility index (Phi) is 6.25. The number of hydrogen-bond acceptors (Lipinski definition) is 5. The molecule has 1 saturated heterocycles. The van der Waals surface area contributed by atoms with Crippen molar-refractivity contribution in [3.05, 3.63) is 16.9 Å². The van der Waals surface area contributed by atoms with Crippen molar-refractivity contribution in [3.63, 3.8) is 0 Å². The first-order valence-corrected chi connectivity index (χ1v) is 9.56. The lowest BCUT2D eigenvalue weighted by molar-refractivity contribution is 0.0156. The first kappa shape index (κ1) is 17.1. The van der Waals surface area contributed by atoms with Gasteiger partial charge < -0.3 is 14.5 Å². The van der Waals surface area contributed by atoms with Gasteiger partial charge in [-0.25, -0.2) is 9.97 Å². The van der Waals surface area contributed by atoms with Crippen LogP contribution in [-0.2, 0) is 4.74 Å². The van der Waals surface area contributed by atoms with E-state index in [0.29, 0.717) is 12.1 Å². The fraction of sp³-hybridized carbons (Fsp3) is 0.765. The van der Waals surface area contributed by atoms with E-state index in [0.717, 1.165) is 49.3 Å². The molecule has 0 aromatic carbocycles. The number of aromatic nitrogens is 2. The zero-order valence-corrected chi connectivity index (χ0v) is 15.5. The van der Waals surface area contributed by atoms with Gasteiger partial charge in [-0.05, 0) is 67.5 Å². The molecular formula is C17H27BrN4O. The van der Waals surface area contributed by atoms with E-state index < -0.39 is 0 Å². The van der Waals surface area contributed by atoms with Crippen molar-refractivity contribution in [3.8, 4) is 0 Å². The van der Waals surface area contributed by atoms with Crippen molar-refractivity contribution < 1.29 is 4.74 Å². The van der Waals surface area contributed by atoms with Crippen LogP contribution in [0.15, 0.2) is 16.9 Å². The maximum absolute atomic E-state index is 6.10. The molecule has 128 valence electrons. The lowest BCUT2D eigenvalue weighted by atomic mass is 9.92. The standard InChI is InChI=1S/C17H27BrN4O/c1-21(17-19-12-14(18)13-20-17)15-4-6-16(7-5-15)23-11-10-22-8-2-3-9-22/h12-13,15-16H,2-11H2,1H3/t15-,16-. The molecule has 0 radical (unpaired) electrons. The van der Waals surface area contributed by atoms with Crippen LogP contribution in [0.3, 0.4) is 0 Å². The van der Waals surface area contributed by atoms with Gasteiger partial charge in [0.05, 0.1) is 17.2 Å². The molecular weight excluding hydrogens is 356 g/mol. The fourth-order valence-electron chi connectivity index (χ4n) is 3.60. The lowest BCUT2D eigenvalue weighted by Gasteiger charge is -2.34. The Morgan fingerprint density at radius 2 is 1.83 bits per heavy atom. The van der Waals surface area contributed by atoms with Gasteiger partial charge >= 0.3 is 0 Å². The first-order valence-electron chi connectivity index (χ1n) is 8.77. The van der Waals surface area contributed by atoms with Crippen LogP contribution in [0.25, 0.3) is 0 Å². The van der Waals surface area contributed by atoms with Gasteiger partial charge in [0.1, 0.15) is 0 Å². The summed E-state index contributed by atoms with van der Waals surface area (Å²) in [7, 11) is 2.10. The van der Waals surface area contributed by atoms with Crippen molar-refractivity contribution in [1.29, 1.82) is 0 Å². The first-order chi connectivity index (χ1) is 11.2. The van der Waals surface area contributed by atoms with E-state index in [4.69, 9.17) is 4.74 Å². The summed E-state index contributed by atoms with van der Waals surface area (Å²) in [5.41, 5.74) is 0. The molecule has 0 unspecified atom stereocenters. The largest absolute Gasteiger partial charge is 0.377 e. The topological polar surface area (TPSA) is 41.5 Å². The molecule has 1 saturated carbocycles. The van der Waals surface area contributed by atoms with Crippen LogP contribution >= 0.6 is 15.9 Å². The molecule has 3 rings (SSSR count). The molecule has 23 heavy (non-hydrogen) atoms. The number of ether oxygens (including phenoxy) is 1. The van der Waals surface area contributed by atoms with Crippen molar-refractivity contribution >= 4 is 21.9 Å². The molecule has 6 heteroatoms. The average Bonchev–Trinajstić information content (AvgIpc) is 3.09. The molecule has 1 aliphatic carbocycles. The summed E-state index contributed by atoms with van der Waals surface area (Å²) in [5.74, 6) is 0.812. The van der Waals surface area contributed by atoms with Crippen molar-refractivity contribution in [2.45, 2.75) is 50.7 Å². The van der Waals surface area contributed by atoms with Gasteiger partial charge in [-0.2, -0.15) is 0 Å². The summed E-state index contributed by atoms with van der Waals surface area (Å²) >= 11 is 3.38. The minimum atomic E-state index is 0.438. The van der Waals surface area contributed by atoms with Crippen LogP contribution in [0.1, 0.15) is 38.5 Å². The molecule has 1 aromatic rings. The highest BCUT2D eigenvalue weighted by molar-refractivity contribution is 9.10. The van der Waals surface area contributed by atoms with Gasteiger partial charge in [0.25, 0.3) is 0 Å². The Morgan fingerprint density at radius 3 is 2.48 bits per heavy atom. The monoisotopic (exact) mass is 382 g/mol. The van der Waals surface area contributed by atoms with E-state index in [2.05, 4.69) is 42.7 Å². The predicted octanol–water partition coefficient (Wildman–Crippen LogP) is 3.10. The number of nitrogens with zero attached hydrogens (tertiary/aromatic N) is 4. The van der Waals surface area contributed by atoms with Crippen LogP contribution < -0.4 is 4.90 Å². The molecule has 0 bridgehead atoms. The van der Waals surface area contributed by atoms with Crippen LogP contribution in [0.2, 0.25) is 0 Å². The molecule has 1 aromatic heterocycles. The maximum Gasteiger partial charge on any atom is 0.225 e. The number of halogens is 1. The summed E-state index contributed by atoms with van der Waals surface area (Å²) in [5, 5.41) is 0. The number of anilines is 1. The van der Waals surface area contributed by atoms with Gasteiger partial charge in [-0.15, -0.1) is 0 Å². The molecule has 0 N–H and O–H groups in total. The van der Waals surface area contributed by atoms with Crippen molar-refractivity contribution in [2.75, 3.05) is 38.2 Å². The molecule has 2 fully saturated rings. The molecule has 2 heterocycles. The Labute approximate surface area is 147 Å². The van der Waals surface area contributed by atoms with E-state index in [9.17, 15) is 0 Å². The van der Waals surface area contributed by atoms with Crippen LogP contribution in [0.5, 0.6) is 0 Å². The predicted molar refractivity (Wildman–Crippen MR) is 95.8 cm³/mol. The Balaban J connectivity index is 1.38. The second kappa shape index (κ2) is 8.40. The molecule has 5 nitrogen and oxygen atoms in total. The second-order valence-corrected chi connectivity index (χ2v) is 7.58. The molecule has 0 spiro atoms. The Morgan fingerprint density at radius 1 is 1.17 bits per heavy atom. The highest BCUT2D eigenvalue weighted by atomic mass is 79.9. The fourth-order valence-corrected chi connectivity index (χ4v) is 3.81. The smallest absolute Gasteiger partial charge is 0.225 e. The molecule has 0 atom stereocenters. The van der Waals surface area contributed by atoms with Crippen LogP contribution in [0.4, 0.5) is 5.95 Å². The normalized spacial score (nSPS) is 25.7. The highest BCUT2D eigenvalue weighted by Crippen LogP contribution is 2.26. The summed E-state index contributed by atoms with van der Waals surface area (Å²) in [6.45, 7) is 4.51. The van der Waals surface area contributed by atoms with E-state index in [1.165, 1.54) is 25.9 Å². The van der Waals surface area contributed by atoms with E-state index in [1.807, 2.05) is 12.4 Å². The zero-order valence-electron chi connectivity index (χ0n) is 14.0. The number of likely N-dealkylation sites (tertiary alicyclic amines) is 1. The number of rotatable bonds is 6. The summed E-state index contributed by atoms with van der Waals surface area (Å²) < 4.78 is 7.02. The van der Waals surface area contributed by atoms with Gasteiger partial charge in [-0.3, -0.25) is 0 Å². The van der Waals surface area contributed by atoms with Gasteiger partial charge in [-0.1, -0.05) is 0 Å². The summed E-state index contributed by atoms with van der Waals surface area (Å²) in [6, 6.07) is 0.523. The quantitative estimate of drug-likeness (QED) is 0.755.